The predicted octanol–water partition coefficient (Wildman–Crippen LogP) is 24.5. The fourth-order valence-corrected chi connectivity index (χ4v) is 27.1. The van der Waals surface area contributed by atoms with Gasteiger partial charge in [-0.05, 0) is 330 Å². The van der Waals surface area contributed by atoms with Gasteiger partial charge in [-0.15, -0.1) is 0 Å². The Balaban J connectivity index is 0.000000151. The number of aliphatic hydroxyl groups is 3. The van der Waals surface area contributed by atoms with Crippen LogP contribution in [0.15, 0.2) is 70.4 Å². The summed E-state index contributed by atoms with van der Waals surface area (Å²) < 4.78 is 0. The van der Waals surface area contributed by atoms with Crippen molar-refractivity contribution in [3.05, 3.63) is 70.4 Å². The van der Waals surface area contributed by atoms with E-state index in [9.17, 15) is 15.3 Å². The van der Waals surface area contributed by atoms with Gasteiger partial charge in [0.15, 0.2) is 0 Å². The lowest BCUT2D eigenvalue weighted by Gasteiger charge is -2.62. The van der Waals surface area contributed by atoms with Gasteiger partial charge in [0.2, 0.25) is 0 Å². The summed E-state index contributed by atoms with van der Waals surface area (Å²) in [4.78, 5) is 0. The molecule has 92 heavy (non-hydrogen) atoms. The highest BCUT2D eigenvalue weighted by Gasteiger charge is 2.66. The van der Waals surface area contributed by atoms with E-state index in [0.29, 0.717) is 96.6 Å². The molecule has 3 N–H and O–H groups in total. The molecule has 0 heterocycles. The molecule has 25 unspecified atom stereocenters. The van der Waals surface area contributed by atoms with Crippen molar-refractivity contribution in [2.24, 2.45) is 144 Å². The average molecular weight is 1270 g/mol. The molecule has 7 fully saturated rings. The molecule has 12 aliphatic carbocycles. The van der Waals surface area contributed by atoms with Crippen LogP contribution in [0.4, 0.5) is 0 Å². The summed E-state index contributed by atoms with van der Waals surface area (Å²) in [5, 5.41) is 31.6. The summed E-state index contributed by atoms with van der Waals surface area (Å²) in [7, 11) is 0. The molecule has 12 rings (SSSR count). The highest BCUT2D eigenvalue weighted by molar-refractivity contribution is 5.39. The lowest BCUT2D eigenvalue weighted by molar-refractivity contribution is -0.0896. The van der Waals surface area contributed by atoms with Crippen molar-refractivity contribution in [2.75, 3.05) is 0 Å². The molecule has 522 valence electrons. The lowest BCUT2D eigenvalue weighted by atomic mass is 9.42. The number of rotatable bonds is 15. The maximum atomic E-state index is 10.6. The summed E-state index contributed by atoms with van der Waals surface area (Å²) >= 11 is 0. The van der Waals surface area contributed by atoms with Crippen LogP contribution in [0.2, 0.25) is 0 Å². The van der Waals surface area contributed by atoms with E-state index in [1.807, 2.05) is 27.9 Å². The van der Waals surface area contributed by atoms with Crippen molar-refractivity contribution in [1.82, 2.24) is 0 Å². The van der Waals surface area contributed by atoms with Gasteiger partial charge in [0.25, 0.3) is 0 Å². The lowest BCUT2D eigenvalue weighted by Crippen LogP contribution is -2.55. The molecular weight excluding hydrogens is 1120 g/mol. The Kier molecular flexibility index (Phi) is 21.5. The molecule has 0 spiro atoms. The molecule has 0 radical (unpaired) electrons. The minimum Gasteiger partial charge on any atom is -0.393 e. The number of aliphatic hydroxyl groups excluding tert-OH is 3. The van der Waals surface area contributed by atoms with Gasteiger partial charge in [0.1, 0.15) is 0 Å². The Hall–Kier alpha value is -1.68. The van der Waals surface area contributed by atoms with Crippen LogP contribution in [0.3, 0.4) is 0 Å². The summed E-state index contributed by atoms with van der Waals surface area (Å²) in [6.07, 6.45) is 39.7. The van der Waals surface area contributed by atoms with Gasteiger partial charge in [-0.1, -0.05) is 209 Å². The standard InChI is InChI=1S/2C30H50O.C29H48O/c2*1-19(2)20(3)9-10-21(4)23-13-17-30(8)26-12-11-24-22(5)27(31)15-16-28(24,6)25(26)14-18-29(23,30)7;1-18(2)19(3)8-9-20(4)23-12-13-25-22-10-11-24-21(5)27(30)15-17-29(24,7)26(22)14-16-28(23,25)6/h19,21-24,27,31H,3,9-18H2,1-2,4-8H3;12,19,21-25,27,31H,3,9-11,13-18H2,1-2,4-8H3;18,20-21,23-25,27,30H,3,8-17H2,1-2,4-7H3. The van der Waals surface area contributed by atoms with Gasteiger partial charge >= 0.3 is 0 Å². The van der Waals surface area contributed by atoms with Crippen LogP contribution in [0.25, 0.3) is 0 Å². The molecule has 3 nitrogen and oxygen atoms in total. The minimum absolute atomic E-state index is 0.0728. The van der Waals surface area contributed by atoms with Crippen LogP contribution in [0, 0.1) is 144 Å². The van der Waals surface area contributed by atoms with Crippen LogP contribution in [-0.4, -0.2) is 33.6 Å². The van der Waals surface area contributed by atoms with Gasteiger partial charge in [0, 0.05) is 0 Å². The van der Waals surface area contributed by atoms with Crippen molar-refractivity contribution in [1.29, 1.82) is 0 Å². The molecule has 0 aromatic heterocycles. The zero-order valence-corrected chi connectivity index (χ0v) is 64.1. The minimum atomic E-state index is -0.0882. The van der Waals surface area contributed by atoms with Gasteiger partial charge in [-0.3, -0.25) is 0 Å². The third-order valence-corrected chi connectivity index (χ3v) is 34.7. The van der Waals surface area contributed by atoms with Crippen LogP contribution < -0.4 is 0 Å². The molecule has 12 aliphatic rings. The summed E-state index contributed by atoms with van der Waals surface area (Å²) in [5.74, 6) is 11.8. The molecule has 0 aromatic rings. The summed E-state index contributed by atoms with van der Waals surface area (Å²) in [5.41, 5.74) is 16.9. The predicted molar refractivity (Wildman–Crippen MR) is 394 cm³/mol. The van der Waals surface area contributed by atoms with E-state index in [0.717, 1.165) is 66.6 Å². The van der Waals surface area contributed by atoms with Crippen molar-refractivity contribution in [2.45, 2.75) is 343 Å². The molecule has 0 amide bonds. The second-order valence-electron chi connectivity index (χ2n) is 39.1. The molecular formula is C89H148O3. The van der Waals surface area contributed by atoms with Crippen LogP contribution >= 0.6 is 0 Å². The first kappa shape index (κ1) is 73.0. The molecule has 7 saturated carbocycles. The van der Waals surface area contributed by atoms with Crippen LogP contribution in [0.5, 0.6) is 0 Å². The molecule has 3 heteroatoms. The first-order chi connectivity index (χ1) is 43.0. The second-order valence-corrected chi connectivity index (χ2v) is 39.1. The van der Waals surface area contributed by atoms with E-state index in [2.05, 4.69) is 164 Å². The monoisotopic (exact) mass is 1270 g/mol. The number of hydrogen-bond donors (Lipinski definition) is 3. The topological polar surface area (TPSA) is 60.7 Å². The maximum Gasteiger partial charge on any atom is 0.0569 e. The van der Waals surface area contributed by atoms with E-state index in [-0.39, 0.29) is 18.3 Å². The van der Waals surface area contributed by atoms with Crippen LogP contribution in [0.1, 0.15) is 325 Å². The smallest absolute Gasteiger partial charge is 0.0569 e. The number of fused-ring (bicyclic) bond motifs is 13. The molecule has 25 atom stereocenters. The van der Waals surface area contributed by atoms with E-state index >= 15 is 0 Å². The third-order valence-electron chi connectivity index (χ3n) is 34.7. The van der Waals surface area contributed by atoms with E-state index < -0.39 is 0 Å². The van der Waals surface area contributed by atoms with Gasteiger partial charge in [-0.25, -0.2) is 0 Å². The van der Waals surface area contributed by atoms with Gasteiger partial charge in [-0.2, -0.15) is 0 Å². The zero-order valence-electron chi connectivity index (χ0n) is 64.1. The Morgan fingerprint density at radius 1 is 0.413 bits per heavy atom. The molecule has 0 aromatic carbocycles. The summed E-state index contributed by atoms with van der Waals surface area (Å²) in [6.45, 7) is 62.4. The maximum absolute atomic E-state index is 10.6. The third kappa shape index (κ3) is 12.2. The van der Waals surface area contributed by atoms with E-state index in [4.69, 9.17) is 0 Å². The van der Waals surface area contributed by atoms with Crippen molar-refractivity contribution < 1.29 is 15.3 Å². The van der Waals surface area contributed by atoms with E-state index in [1.165, 1.54) is 184 Å². The fourth-order valence-electron chi connectivity index (χ4n) is 27.1. The van der Waals surface area contributed by atoms with Gasteiger partial charge in [0.05, 0.1) is 18.3 Å². The van der Waals surface area contributed by atoms with Crippen molar-refractivity contribution in [3.63, 3.8) is 0 Å². The molecule has 0 bridgehead atoms. The quantitative estimate of drug-likeness (QED) is 0.143. The Bertz CT molecular complexity index is 2760. The second kappa shape index (κ2) is 27.1. The molecule has 0 saturated heterocycles. The normalized spacial score (nSPS) is 46.1. The average Bonchev–Trinajstić information content (AvgIpc) is 1.21. The van der Waals surface area contributed by atoms with Crippen molar-refractivity contribution >= 4 is 0 Å². The number of hydrogen-bond acceptors (Lipinski definition) is 3. The molecule has 0 aliphatic heterocycles. The summed E-state index contributed by atoms with van der Waals surface area (Å²) in [6, 6.07) is 0. The van der Waals surface area contributed by atoms with E-state index in [1.54, 1.807) is 0 Å². The first-order valence-electron chi connectivity index (χ1n) is 40.2. The van der Waals surface area contributed by atoms with Crippen LogP contribution in [-0.2, 0) is 0 Å². The van der Waals surface area contributed by atoms with Gasteiger partial charge < -0.3 is 15.3 Å². The Labute approximate surface area is 569 Å². The van der Waals surface area contributed by atoms with Crippen molar-refractivity contribution in [3.8, 4) is 0 Å². The first-order valence-corrected chi connectivity index (χ1v) is 40.2. The fraction of sp³-hybridized carbons (Fsp3) is 0.865. The highest BCUT2D eigenvalue weighted by atomic mass is 16.3. The number of allylic oxidation sites excluding steroid dienone is 9. The largest absolute Gasteiger partial charge is 0.393 e. The highest BCUT2D eigenvalue weighted by Crippen LogP contribution is 2.75. The zero-order chi connectivity index (χ0) is 67.4. The Morgan fingerprint density at radius 2 is 0.859 bits per heavy atom. The Morgan fingerprint density at radius 3 is 1.38 bits per heavy atom. The SMILES string of the molecule is C=C(CCC(C)C1CCC2(C)C3=C(CCC12C)C1(C)CCC(O)C(C)C1CC3)C(C)C.C=C(CCC(C)C1CCC2(C)C3=CCC4C(C)C(O)CCC4(C)C3CCC12C)C(C)C.C=C(CCC(C)C1CCC2C3=C(CCC21C)C1(C)CCC(O)C(C)C1CC3)C(C)C.